The Hall–Kier alpha value is -4.38. The highest BCUT2D eigenvalue weighted by molar-refractivity contribution is 5.87. The Morgan fingerprint density at radius 2 is 1.80 bits per heavy atom. The molecule has 1 aliphatic carbocycles. The molecule has 0 amide bonds. The van der Waals surface area contributed by atoms with E-state index in [4.69, 9.17) is 25.9 Å². The van der Waals surface area contributed by atoms with E-state index >= 15 is 0 Å². The minimum atomic E-state index is -1.06. The number of rotatable bonds is 14. The van der Waals surface area contributed by atoms with Crippen LogP contribution < -0.4 is 20.9 Å². The lowest BCUT2D eigenvalue weighted by molar-refractivity contribution is -0.126. The molecule has 0 aromatic heterocycles. The number of benzene rings is 2. The van der Waals surface area contributed by atoms with Gasteiger partial charge in [-0.3, -0.25) is 9.79 Å². The number of nitrogens with zero attached hydrogens (tertiary/aromatic N) is 2. The molecular weight excluding hydrogens is 701 g/mol. The van der Waals surface area contributed by atoms with E-state index in [-0.39, 0.29) is 11.7 Å². The van der Waals surface area contributed by atoms with Gasteiger partial charge in [0.2, 0.25) is 0 Å². The number of aryl methyl sites for hydroxylation is 1. The summed E-state index contributed by atoms with van der Waals surface area (Å²) < 4.78 is 13.3. The van der Waals surface area contributed by atoms with Crippen LogP contribution in [0.1, 0.15) is 132 Å². The Morgan fingerprint density at radius 3 is 2.57 bits per heavy atom. The molecule has 6 N–H and O–H groups in total. The maximum Gasteiger partial charge on any atom is 0.187 e. The third-order valence-corrected chi connectivity index (χ3v) is 12.5. The molecule has 0 unspecified atom stereocenters. The van der Waals surface area contributed by atoms with E-state index in [2.05, 4.69) is 48.8 Å². The number of carbonyl (C=O) groups is 1. The molecule has 4 heterocycles. The van der Waals surface area contributed by atoms with Crippen LogP contribution >= 0.6 is 0 Å². The number of ketones is 1. The monoisotopic (exact) mass is 758 g/mol. The molecule has 7 rings (SSSR count). The molecule has 0 radical (unpaired) electrons. The SMILES string of the molecule is CCCCC[C@@H](O)[C@@H](CCCCC)C(=O)CCc1ccc2c(c1)O[C@H]1[C@@H](C#C[C@H](O)c3ccc(C(N)N)cc3CC3=C4CN1C=C4N=C3)C1(C#CO2)CCCC1. The molecule has 296 valence electrons. The summed E-state index contributed by atoms with van der Waals surface area (Å²) >= 11 is 0. The number of aliphatic hydroxyl groups is 2. The largest absolute Gasteiger partial charge is 0.465 e. The molecule has 2 aromatic rings. The topological polar surface area (TPSA) is 144 Å². The summed E-state index contributed by atoms with van der Waals surface area (Å²) in [5.74, 6) is 10.7. The molecule has 9 heteroatoms. The number of fused-ring (bicyclic) bond motifs is 6. The van der Waals surface area contributed by atoms with Crippen LogP contribution in [0.15, 0.2) is 64.4 Å². The van der Waals surface area contributed by atoms with Crippen LogP contribution in [-0.4, -0.2) is 46.0 Å². The fourth-order valence-corrected chi connectivity index (χ4v) is 9.13. The van der Waals surface area contributed by atoms with Crippen LogP contribution in [0, 0.1) is 41.1 Å². The number of ether oxygens (including phenoxy) is 2. The van der Waals surface area contributed by atoms with Crippen molar-refractivity contribution in [3.63, 3.8) is 0 Å². The van der Waals surface area contributed by atoms with Gasteiger partial charge in [0.25, 0.3) is 0 Å². The Labute approximate surface area is 332 Å². The van der Waals surface area contributed by atoms with Crippen molar-refractivity contribution in [1.29, 1.82) is 0 Å². The first kappa shape index (κ1) is 39.8. The van der Waals surface area contributed by atoms with Crippen molar-refractivity contribution in [2.45, 2.75) is 135 Å². The minimum absolute atomic E-state index is 0.122. The molecule has 4 aliphatic heterocycles. The highest BCUT2D eigenvalue weighted by Crippen LogP contribution is 2.49. The van der Waals surface area contributed by atoms with Crippen molar-refractivity contribution in [2.24, 2.45) is 33.7 Å². The van der Waals surface area contributed by atoms with Gasteiger partial charge >= 0.3 is 0 Å². The number of aliphatic hydroxyl groups excluding tert-OH is 2. The smallest absolute Gasteiger partial charge is 0.187 e. The zero-order valence-corrected chi connectivity index (χ0v) is 33.1. The normalized spacial score (nSPS) is 22.7. The quantitative estimate of drug-likeness (QED) is 0.0893. The zero-order valence-electron chi connectivity index (χ0n) is 33.1. The Balaban J connectivity index is 1.22. The molecule has 5 atom stereocenters. The van der Waals surface area contributed by atoms with Crippen LogP contribution in [0.3, 0.4) is 0 Å². The second kappa shape index (κ2) is 17.8. The van der Waals surface area contributed by atoms with Gasteiger partial charge < -0.3 is 36.1 Å². The van der Waals surface area contributed by atoms with Crippen molar-refractivity contribution in [2.75, 3.05) is 6.54 Å². The van der Waals surface area contributed by atoms with Crippen LogP contribution in [0.25, 0.3) is 0 Å². The summed E-state index contributed by atoms with van der Waals surface area (Å²) in [5, 5.41) is 22.8. The first-order valence-corrected chi connectivity index (χ1v) is 21.0. The number of aliphatic imine (C=N–C) groups is 1. The Kier molecular flexibility index (Phi) is 12.7. The maximum absolute atomic E-state index is 13.7. The van der Waals surface area contributed by atoms with Crippen LogP contribution in [0.5, 0.6) is 11.5 Å². The molecule has 1 fully saturated rings. The lowest BCUT2D eigenvalue weighted by Gasteiger charge is -2.39. The first-order valence-electron chi connectivity index (χ1n) is 21.0. The number of unbranched alkanes of at least 4 members (excludes halogenated alkanes) is 4. The standard InChI is InChI=1S/C47H58N4O5/c1-3-5-7-11-36(40(52)12-8-6-4-2)42(54)18-13-31-14-20-43-44(25-31)56-46-38(47(23-24-55-43)21-9-10-22-47)17-19-41(53)35-16-15-32(45(48)49)26-33(35)27-34-28-50-39-30-51(46)29-37(34)39/h14-16,20,25-26,28,30,36,38,40-41,45-46,52-53H,3-13,18,21-22,27,29,48-49H2,1-2H3/t36-,38-,40-,41+,46+/m1/s1. The highest BCUT2D eigenvalue weighted by atomic mass is 16.5. The van der Waals surface area contributed by atoms with Gasteiger partial charge in [0.05, 0.1) is 29.3 Å². The predicted molar refractivity (Wildman–Crippen MR) is 219 cm³/mol. The molecule has 9 nitrogen and oxygen atoms in total. The fourth-order valence-electron chi connectivity index (χ4n) is 9.13. The molecule has 1 spiro atoms. The number of hydrogen-bond acceptors (Lipinski definition) is 9. The second-order valence-electron chi connectivity index (χ2n) is 16.4. The van der Waals surface area contributed by atoms with Crippen molar-refractivity contribution in [3.8, 4) is 35.4 Å². The minimum Gasteiger partial charge on any atom is -0.465 e. The number of nitrogens with two attached hydrogens (primary N) is 2. The third kappa shape index (κ3) is 8.62. The maximum atomic E-state index is 13.7. The lowest BCUT2D eigenvalue weighted by atomic mass is 9.73. The molecular formula is C47H58N4O5. The summed E-state index contributed by atoms with van der Waals surface area (Å²) in [6, 6.07) is 11.6. The van der Waals surface area contributed by atoms with Gasteiger partial charge in [-0.2, -0.15) is 0 Å². The predicted octanol–water partition coefficient (Wildman–Crippen LogP) is 7.31. The average Bonchev–Trinajstić information content (AvgIpc) is 3.94. The Morgan fingerprint density at radius 1 is 1.02 bits per heavy atom. The molecule has 5 aliphatic rings. The highest BCUT2D eigenvalue weighted by Gasteiger charge is 2.48. The van der Waals surface area contributed by atoms with E-state index in [0.717, 1.165) is 110 Å². The van der Waals surface area contributed by atoms with Crippen molar-refractivity contribution >= 4 is 12.0 Å². The van der Waals surface area contributed by atoms with E-state index in [0.29, 0.717) is 43.7 Å². The van der Waals surface area contributed by atoms with E-state index in [1.165, 1.54) is 0 Å². The fraction of sp³-hybridized carbons (Fsp3) is 0.532. The van der Waals surface area contributed by atoms with Gasteiger partial charge in [0.1, 0.15) is 18.0 Å². The zero-order chi connectivity index (χ0) is 39.2. The van der Waals surface area contributed by atoms with Crippen molar-refractivity contribution in [1.82, 2.24) is 4.90 Å². The summed E-state index contributed by atoms with van der Waals surface area (Å²) in [6.45, 7) is 4.89. The van der Waals surface area contributed by atoms with Gasteiger partial charge in [-0.15, -0.1) is 0 Å². The number of Topliss-reactive ketones (excluding diaryl/α,β-unsaturated/α-hetero) is 1. The lowest BCUT2D eigenvalue weighted by Crippen LogP contribution is -2.47. The summed E-state index contributed by atoms with van der Waals surface area (Å²) in [6.07, 6.45) is 16.8. The van der Waals surface area contributed by atoms with Crippen LogP contribution in [-0.2, 0) is 17.6 Å². The number of hydrogen-bond donors (Lipinski definition) is 4. The van der Waals surface area contributed by atoms with E-state index < -0.39 is 35.9 Å². The Bertz CT molecular complexity index is 1990. The second-order valence-corrected chi connectivity index (χ2v) is 16.4. The van der Waals surface area contributed by atoms with E-state index in [1.54, 1.807) is 0 Å². The third-order valence-electron chi connectivity index (χ3n) is 12.5. The van der Waals surface area contributed by atoms with Gasteiger partial charge in [-0.05, 0) is 78.5 Å². The van der Waals surface area contributed by atoms with Crippen LogP contribution in [0.2, 0.25) is 0 Å². The molecule has 56 heavy (non-hydrogen) atoms. The first-order chi connectivity index (χ1) is 27.2. The van der Waals surface area contributed by atoms with Crippen LogP contribution in [0.4, 0.5) is 0 Å². The number of allylic oxidation sites excluding steroid dienone is 1. The van der Waals surface area contributed by atoms with Gasteiger partial charge in [-0.1, -0.05) is 107 Å². The summed E-state index contributed by atoms with van der Waals surface area (Å²) in [4.78, 5) is 20.7. The number of carbonyl (C=O) groups excluding carboxylic acids is 1. The van der Waals surface area contributed by atoms with Gasteiger partial charge in [0.15, 0.2) is 17.7 Å². The van der Waals surface area contributed by atoms with Gasteiger partial charge in [0, 0.05) is 36.9 Å². The molecule has 0 saturated heterocycles. The van der Waals surface area contributed by atoms with Gasteiger partial charge in [-0.25, -0.2) is 0 Å². The molecule has 1 saturated carbocycles. The molecule has 2 bridgehead atoms. The average molecular weight is 759 g/mol. The van der Waals surface area contributed by atoms with E-state index in [1.807, 2.05) is 42.6 Å². The van der Waals surface area contributed by atoms with Crippen molar-refractivity contribution in [3.05, 3.63) is 81.7 Å². The molecule has 2 aromatic carbocycles. The van der Waals surface area contributed by atoms with Crippen molar-refractivity contribution < 1.29 is 24.5 Å². The summed E-state index contributed by atoms with van der Waals surface area (Å²) in [7, 11) is 0. The van der Waals surface area contributed by atoms with E-state index in [9.17, 15) is 15.0 Å². The summed E-state index contributed by atoms with van der Waals surface area (Å²) in [5.41, 5.74) is 18.1.